The third-order valence-electron chi connectivity index (χ3n) is 8.96. The number of amides is 2. The van der Waals surface area contributed by atoms with Crippen molar-refractivity contribution < 1.29 is 9.59 Å². The van der Waals surface area contributed by atoms with Crippen LogP contribution in [0.3, 0.4) is 0 Å². The van der Waals surface area contributed by atoms with Crippen LogP contribution in [0.1, 0.15) is 76.1 Å². The molecule has 0 atom stereocenters. The van der Waals surface area contributed by atoms with Crippen LogP contribution < -0.4 is 11.1 Å². The number of primary amides is 1. The van der Waals surface area contributed by atoms with Gasteiger partial charge in [0, 0.05) is 29.6 Å². The summed E-state index contributed by atoms with van der Waals surface area (Å²) in [5, 5.41) is 13.4. The summed E-state index contributed by atoms with van der Waals surface area (Å²) in [6.45, 7) is 0. The second-order valence-electron chi connectivity index (χ2n) is 11.0. The highest BCUT2D eigenvalue weighted by Gasteiger charge is 2.57. The molecule has 182 valence electrons. The molecule has 0 aliphatic heterocycles. The van der Waals surface area contributed by atoms with Gasteiger partial charge in [-0.25, -0.2) is 9.97 Å². The molecule has 0 unspecified atom stereocenters. The Balaban J connectivity index is 1.30. The molecular weight excluding hydrogens is 442 g/mol. The van der Waals surface area contributed by atoms with E-state index in [1.165, 1.54) is 0 Å². The third kappa shape index (κ3) is 3.58. The summed E-state index contributed by atoms with van der Waals surface area (Å²) in [7, 11) is 0. The Hall–Kier alpha value is -3.41. The van der Waals surface area contributed by atoms with Crippen LogP contribution in [0.5, 0.6) is 0 Å². The highest BCUT2D eigenvalue weighted by molar-refractivity contribution is 6.01. The molecule has 3 aromatic rings. The van der Waals surface area contributed by atoms with Crippen LogP contribution in [0.15, 0.2) is 18.5 Å². The van der Waals surface area contributed by atoms with Gasteiger partial charge in [-0.2, -0.15) is 5.26 Å². The molecule has 0 aromatic carbocycles. The molecule has 3 aliphatic carbocycles. The lowest BCUT2D eigenvalue weighted by Crippen LogP contribution is -2.46. The largest absolute Gasteiger partial charge is 0.369 e. The smallest absolute Gasteiger partial charge is 0.228 e. The molecule has 2 bridgehead atoms. The highest BCUT2D eigenvalue weighted by Crippen LogP contribution is 2.56. The second kappa shape index (κ2) is 8.08. The Morgan fingerprint density at radius 2 is 2.00 bits per heavy atom. The van der Waals surface area contributed by atoms with Crippen LogP contribution in [0.2, 0.25) is 0 Å². The summed E-state index contributed by atoms with van der Waals surface area (Å²) in [6, 6.07) is 4.57. The zero-order valence-electron chi connectivity index (χ0n) is 19.8. The Labute approximate surface area is 203 Å². The van der Waals surface area contributed by atoms with Crippen LogP contribution in [0.4, 0.5) is 0 Å². The molecule has 3 saturated carbocycles. The SMILES string of the molecule is N#CC[C@H]1CC[C@H](n2c(CC(=O)NC34CCC(C(N)=O)(CC3)C4)nc3cnc4[nH]ccc4c32)CC1. The molecule has 4 N–H and O–H groups in total. The van der Waals surface area contributed by atoms with E-state index in [-0.39, 0.29) is 29.8 Å². The molecule has 35 heavy (non-hydrogen) atoms. The van der Waals surface area contributed by atoms with E-state index in [0.717, 1.165) is 79.3 Å². The number of nitriles is 1. The molecular formula is C26H31N7O2. The number of rotatable bonds is 6. The van der Waals surface area contributed by atoms with Crippen LogP contribution >= 0.6 is 0 Å². The van der Waals surface area contributed by atoms with E-state index < -0.39 is 5.41 Å². The first-order valence-electron chi connectivity index (χ1n) is 12.7. The van der Waals surface area contributed by atoms with Gasteiger partial charge in [0.25, 0.3) is 0 Å². The van der Waals surface area contributed by atoms with Gasteiger partial charge in [-0.15, -0.1) is 0 Å². The molecule has 0 spiro atoms. The lowest BCUT2D eigenvalue weighted by Gasteiger charge is -2.30. The molecule has 3 heterocycles. The van der Waals surface area contributed by atoms with Crippen molar-refractivity contribution in [2.45, 2.75) is 82.2 Å². The molecule has 3 aromatic heterocycles. The van der Waals surface area contributed by atoms with E-state index >= 15 is 0 Å². The standard InChI is InChI=1S/C26H31N7O2/c27-11-5-16-1-3-17(4-2-16)33-20(31-19-14-30-23-18(22(19)33)6-12-29-23)13-21(34)32-26-9-7-25(15-26,8-10-26)24(28)35/h6,12,14,16-17H,1-5,7-10,13,15H2,(H2,28,35)(H,29,30)(H,32,34)/t16-,17-,25?,26?. The predicted molar refractivity (Wildman–Crippen MR) is 130 cm³/mol. The fraction of sp³-hybridized carbons (Fsp3) is 0.577. The van der Waals surface area contributed by atoms with Crippen molar-refractivity contribution in [1.82, 2.24) is 24.8 Å². The van der Waals surface area contributed by atoms with Gasteiger partial charge >= 0.3 is 0 Å². The van der Waals surface area contributed by atoms with Gasteiger partial charge in [0.05, 0.1) is 29.6 Å². The minimum Gasteiger partial charge on any atom is -0.369 e. The maximum atomic E-state index is 13.3. The molecule has 3 aliphatic rings. The fourth-order valence-electron chi connectivity index (χ4n) is 7.09. The van der Waals surface area contributed by atoms with Gasteiger partial charge in [-0.3, -0.25) is 9.59 Å². The zero-order chi connectivity index (χ0) is 24.2. The number of nitrogens with zero attached hydrogens (tertiary/aromatic N) is 4. The highest BCUT2D eigenvalue weighted by atomic mass is 16.2. The van der Waals surface area contributed by atoms with Crippen LogP contribution in [-0.2, 0) is 16.0 Å². The van der Waals surface area contributed by atoms with E-state index in [4.69, 9.17) is 16.0 Å². The van der Waals surface area contributed by atoms with Crippen molar-refractivity contribution in [3.05, 3.63) is 24.3 Å². The Morgan fingerprint density at radius 1 is 1.23 bits per heavy atom. The van der Waals surface area contributed by atoms with Gasteiger partial charge < -0.3 is 20.6 Å². The number of carbonyl (C=O) groups excluding carboxylic acids is 2. The Kier molecular flexibility index (Phi) is 5.09. The monoisotopic (exact) mass is 473 g/mol. The number of H-pyrrole nitrogens is 1. The van der Waals surface area contributed by atoms with Gasteiger partial charge in [0.1, 0.15) is 17.0 Å². The minimum absolute atomic E-state index is 0.0554. The molecule has 3 fully saturated rings. The number of pyridine rings is 1. The molecule has 9 heteroatoms. The number of carbonyl (C=O) groups is 2. The number of nitrogens with one attached hydrogen (secondary N) is 2. The first-order chi connectivity index (χ1) is 16.9. The zero-order valence-corrected chi connectivity index (χ0v) is 19.8. The summed E-state index contributed by atoms with van der Waals surface area (Å²) < 4.78 is 2.27. The molecule has 0 saturated heterocycles. The average molecular weight is 474 g/mol. The second-order valence-corrected chi connectivity index (χ2v) is 11.0. The maximum Gasteiger partial charge on any atom is 0.228 e. The topological polar surface area (TPSA) is 142 Å². The first-order valence-corrected chi connectivity index (χ1v) is 12.7. The number of nitrogens with two attached hydrogens (primary N) is 1. The molecule has 6 rings (SSSR count). The number of hydrogen-bond acceptors (Lipinski definition) is 5. The number of fused-ring (bicyclic) bond motifs is 5. The molecule has 0 radical (unpaired) electrons. The molecule has 9 nitrogen and oxygen atoms in total. The predicted octanol–water partition coefficient (Wildman–Crippen LogP) is 3.40. The summed E-state index contributed by atoms with van der Waals surface area (Å²) in [5.74, 6) is 0.912. The van der Waals surface area contributed by atoms with Crippen LogP contribution in [-0.4, -0.2) is 36.9 Å². The van der Waals surface area contributed by atoms with Gasteiger partial charge in [0.2, 0.25) is 11.8 Å². The Morgan fingerprint density at radius 3 is 2.69 bits per heavy atom. The number of imidazole rings is 1. The molecule has 2 amide bonds. The summed E-state index contributed by atoms with van der Waals surface area (Å²) >= 11 is 0. The van der Waals surface area contributed by atoms with Gasteiger partial charge in [-0.05, 0) is 69.8 Å². The minimum atomic E-state index is -0.450. The van der Waals surface area contributed by atoms with Crippen molar-refractivity contribution in [1.29, 1.82) is 5.26 Å². The van der Waals surface area contributed by atoms with Crippen molar-refractivity contribution >= 4 is 33.9 Å². The van der Waals surface area contributed by atoms with Crippen LogP contribution in [0, 0.1) is 22.7 Å². The number of aromatic nitrogens is 4. The average Bonchev–Trinajstić information content (AvgIpc) is 3.60. The lowest BCUT2D eigenvalue weighted by atomic mass is 9.83. The van der Waals surface area contributed by atoms with E-state index in [2.05, 4.69) is 25.9 Å². The van der Waals surface area contributed by atoms with E-state index in [0.29, 0.717) is 18.8 Å². The Bertz CT molecular complexity index is 1350. The van der Waals surface area contributed by atoms with E-state index in [1.54, 1.807) is 6.20 Å². The summed E-state index contributed by atoms with van der Waals surface area (Å²) in [4.78, 5) is 38.0. The van der Waals surface area contributed by atoms with Gasteiger partial charge in [-0.1, -0.05) is 0 Å². The normalized spacial score (nSPS) is 30.0. The summed E-state index contributed by atoms with van der Waals surface area (Å²) in [5.41, 5.74) is 7.56. The first kappa shape index (κ1) is 22.1. The fourth-order valence-corrected chi connectivity index (χ4v) is 7.09. The summed E-state index contributed by atoms with van der Waals surface area (Å²) in [6.07, 6.45) is 12.1. The number of aromatic amines is 1. The quantitative estimate of drug-likeness (QED) is 0.503. The third-order valence-corrected chi connectivity index (χ3v) is 8.96. The van der Waals surface area contributed by atoms with E-state index in [9.17, 15) is 9.59 Å². The van der Waals surface area contributed by atoms with Crippen molar-refractivity contribution in [2.24, 2.45) is 17.1 Å². The van der Waals surface area contributed by atoms with E-state index in [1.807, 2.05) is 12.3 Å². The van der Waals surface area contributed by atoms with Gasteiger partial charge in [0.15, 0.2) is 0 Å². The van der Waals surface area contributed by atoms with Crippen molar-refractivity contribution in [2.75, 3.05) is 0 Å². The van der Waals surface area contributed by atoms with Crippen molar-refractivity contribution in [3.63, 3.8) is 0 Å². The number of hydrogen-bond donors (Lipinski definition) is 3. The van der Waals surface area contributed by atoms with Crippen LogP contribution in [0.25, 0.3) is 22.1 Å². The van der Waals surface area contributed by atoms with Crippen molar-refractivity contribution in [3.8, 4) is 6.07 Å². The lowest BCUT2D eigenvalue weighted by molar-refractivity contribution is -0.127. The maximum absolute atomic E-state index is 13.3.